The summed E-state index contributed by atoms with van der Waals surface area (Å²) in [7, 11) is 0. The number of rotatable bonds is 0. The summed E-state index contributed by atoms with van der Waals surface area (Å²) in [5, 5.41) is 16.7. The highest BCUT2D eigenvalue weighted by Gasteiger charge is 2.98. The lowest BCUT2D eigenvalue weighted by atomic mass is 10.1. The van der Waals surface area contributed by atoms with Crippen molar-refractivity contribution in [3.05, 3.63) is 0 Å². The van der Waals surface area contributed by atoms with Gasteiger partial charge < -0.3 is 10.2 Å². The number of alkyl halides is 8. The second-order valence-electron chi connectivity index (χ2n) is 2.97. The Kier molecular flexibility index (Phi) is 2.24. The molecule has 2 N–H and O–H groups in total. The monoisotopic (exact) mass is 306 g/mol. The predicted molar refractivity (Wildman–Crippen MR) is 34.8 cm³/mol. The summed E-state index contributed by atoms with van der Waals surface area (Å²) in [4.78, 5) is 0. The fourth-order valence-corrected chi connectivity index (χ4v) is 1.53. The first kappa shape index (κ1) is 13.0. The van der Waals surface area contributed by atoms with E-state index in [1.54, 1.807) is 0 Å². The van der Waals surface area contributed by atoms with Gasteiger partial charge >= 0.3 is 17.8 Å². The minimum absolute atomic E-state index is 1.16. The zero-order valence-electron chi connectivity index (χ0n) is 6.42. The van der Waals surface area contributed by atoms with Crippen molar-refractivity contribution in [3.63, 3.8) is 0 Å². The molecule has 10 heteroatoms. The van der Waals surface area contributed by atoms with Crippen molar-refractivity contribution in [3.8, 4) is 0 Å². The number of hydrogen-bond acceptors (Lipinski definition) is 2. The lowest BCUT2D eigenvalue weighted by molar-refractivity contribution is -0.343. The van der Waals surface area contributed by atoms with Gasteiger partial charge in [-0.25, -0.2) is 4.39 Å². The summed E-state index contributed by atoms with van der Waals surface area (Å²) in [5.41, 5.74) is 0. The molecule has 0 spiro atoms. The van der Waals surface area contributed by atoms with Gasteiger partial charge in [-0.2, -0.15) is 26.3 Å². The molecule has 15 heavy (non-hydrogen) atoms. The summed E-state index contributed by atoms with van der Waals surface area (Å²) in [6.07, 6.45) is 0. The van der Waals surface area contributed by atoms with E-state index >= 15 is 0 Å². The number of hydrogen-bond donors (Lipinski definition) is 2. The highest BCUT2D eigenvalue weighted by atomic mass is 79.9. The Balaban J connectivity index is 3.55. The third kappa shape index (κ3) is 0.978. The van der Waals surface area contributed by atoms with E-state index in [0.717, 1.165) is 15.9 Å². The van der Waals surface area contributed by atoms with E-state index < -0.39 is 28.1 Å². The van der Waals surface area contributed by atoms with Gasteiger partial charge in [-0.3, -0.25) is 0 Å². The average Bonchev–Trinajstić information content (AvgIpc) is 2.04. The molecule has 0 saturated heterocycles. The molecule has 0 radical (unpaired) electrons. The van der Waals surface area contributed by atoms with Gasteiger partial charge in [-0.15, -0.1) is 0 Å². The Morgan fingerprint density at radius 2 is 1.00 bits per heavy atom. The van der Waals surface area contributed by atoms with Gasteiger partial charge in [-0.1, -0.05) is 0 Å². The molecule has 0 amide bonds. The summed E-state index contributed by atoms with van der Waals surface area (Å²) in [6, 6.07) is 0. The highest BCUT2D eigenvalue weighted by Crippen LogP contribution is 2.68. The molecular formula is C5H2BrF7O2. The van der Waals surface area contributed by atoms with Crippen LogP contribution in [-0.4, -0.2) is 38.3 Å². The van der Waals surface area contributed by atoms with Gasteiger partial charge in [0.2, 0.25) is 0 Å². The number of halogens is 8. The van der Waals surface area contributed by atoms with E-state index in [1.807, 2.05) is 0 Å². The van der Waals surface area contributed by atoms with E-state index in [2.05, 4.69) is 0 Å². The molecule has 1 rings (SSSR count). The summed E-state index contributed by atoms with van der Waals surface area (Å²) in [5.74, 6) is -23.5. The van der Waals surface area contributed by atoms with Gasteiger partial charge in [0, 0.05) is 0 Å². The van der Waals surface area contributed by atoms with Crippen molar-refractivity contribution in [2.24, 2.45) is 0 Å². The fraction of sp³-hybridized carbons (Fsp3) is 1.00. The molecule has 0 heterocycles. The third-order valence-electron chi connectivity index (χ3n) is 2.06. The predicted octanol–water partition coefficient (Wildman–Crippen LogP) is 1.65. The highest BCUT2D eigenvalue weighted by molar-refractivity contribution is 9.10. The van der Waals surface area contributed by atoms with E-state index in [9.17, 15) is 30.7 Å². The van der Waals surface area contributed by atoms with E-state index in [-0.39, 0.29) is 0 Å². The van der Waals surface area contributed by atoms with Crippen molar-refractivity contribution in [1.29, 1.82) is 0 Å². The van der Waals surface area contributed by atoms with Crippen LogP contribution in [0.1, 0.15) is 0 Å². The summed E-state index contributed by atoms with van der Waals surface area (Å²) in [6.45, 7) is 0. The van der Waals surface area contributed by atoms with Crippen LogP contribution >= 0.6 is 15.9 Å². The Labute approximate surface area is 85.8 Å². The molecule has 0 aliphatic heterocycles. The molecule has 1 atom stereocenters. The molecule has 90 valence electrons. The fourth-order valence-electron chi connectivity index (χ4n) is 1.03. The first-order valence-electron chi connectivity index (χ1n) is 3.21. The molecule has 0 bridgehead atoms. The van der Waals surface area contributed by atoms with Crippen LogP contribution < -0.4 is 0 Å². The standard InChI is InChI=1S/C5H2BrF7O2/c6-1(7)2(8,9)3(10,11)4(12,13)5(1,14)15/h14-15H. The maximum atomic E-state index is 12.9. The smallest absolute Gasteiger partial charge is 0.357 e. The zero-order valence-corrected chi connectivity index (χ0v) is 8.00. The van der Waals surface area contributed by atoms with Gasteiger partial charge in [0.1, 0.15) is 0 Å². The lowest BCUT2D eigenvalue weighted by Gasteiger charge is -2.28. The van der Waals surface area contributed by atoms with Crippen LogP contribution in [0, 0.1) is 0 Å². The van der Waals surface area contributed by atoms with E-state index in [1.165, 1.54) is 0 Å². The SMILES string of the molecule is OC1(O)C(F)(F)C(F)(F)C(F)(F)C1(F)Br. The lowest BCUT2D eigenvalue weighted by Crippen LogP contribution is -2.57. The van der Waals surface area contributed by atoms with Gasteiger partial charge in [0.05, 0.1) is 0 Å². The summed E-state index contributed by atoms with van der Waals surface area (Å²) < 4.78 is 82.6. The van der Waals surface area contributed by atoms with Crippen molar-refractivity contribution in [2.45, 2.75) is 28.1 Å². The number of aliphatic hydroxyl groups is 2. The summed E-state index contributed by atoms with van der Waals surface area (Å²) >= 11 is 1.16. The molecular weight excluding hydrogens is 305 g/mol. The average molecular weight is 307 g/mol. The van der Waals surface area contributed by atoms with Gasteiger partial charge in [0.15, 0.2) is 0 Å². The van der Waals surface area contributed by atoms with Crippen LogP contribution in [0.15, 0.2) is 0 Å². The molecule has 0 aromatic carbocycles. The Morgan fingerprint density at radius 3 is 1.07 bits per heavy atom. The van der Waals surface area contributed by atoms with Crippen molar-refractivity contribution in [1.82, 2.24) is 0 Å². The minimum Gasteiger partial charge on any atom is -0.357 e. The van der Waals surface area contributed by atoms with Gasteiger partial charge in [-0.05, 0) is 15.9 Å². The van der Waals surface area contributed by atoms with Gasteiger partial charge in [0.25, 0.3) is 10.4 Å². The van der Waals surface area contributed by atoms with Crippen LogP contribution in [0.3, 0.4) is 0 Å². The second kappa shape index (κ2) is 2.59. The van der Waals surface area contributed by atoms with E-state index in [0.29, 0.717) is 0 Å². The first-order chi connectivity index (χ1) is 6.25. The van der Waals surface area contributed by atoms with Crippen molar-refractivity contribution < 1.29 is 40.9 Å². The first-order valence-corrected chi connectivity index (χ1v) is 4.00. The van der Waals surface area contributed by atoms with Crippen LogP contribution in [0.2, 0.25) is 0 Å². The second-order valence-corrected chi connectivity index (χ2v) is 4.06. The largest absolute Gasteiger partial charge is 0.382 e. The molecule has 1 unspecified atom stereocenters. The van der Waals surface area contributed by atoms with Crippen molar-refractivity contribution >= 4 is 15.9 Å². The Hall–Kier alpha value is -0.0900. The van der Waals surface area contributed by atoms with E-state index in [4.69, 9.17) is 10.2 Å². The topological polar surface area (TPSA) is 40.5 Å². The Bertz CT molecular complexity index is 210. The van der Waals surface area contributed by atoms with Crippen LogP contribution in [0.25, 0.3) is 0 Å². The van der Waals surface area contributed by atoms with Crippen LogP contribution in [0.5, 0.6) is 0 Å². The maximum Gasteiger partial charge on any atom is 0.382 e. The van der Waals surface area contributed by atoms with Crippen LogP contribution in [-0.2, 0) is 0 Å². The molecule has 1 aliphatic rings. The molecule has 1 fully saturated rings. The maximum absolute atomic E-state index is 12.9. The van der Waals surface area contributed by atoms with Crippen molar-refractivity contribution in [2.75, 3.05) is 0 Å². The molecule has 2 nitrogen and oxygen atoms in total. The zero-order chi connectivity index (χ0) is 12.5. The third-order valence-corrected chi connectivity index (χ3v) is 3.11. The molecule has 0 aromatic rings. The minimum atomic E-state index is -6.23. The van der Waals surface area contributed by atoms with Crippen LogP contribution in [0.4, 0.5) is 30.7 Å². The normalized spacial score (nSPS) is 40.4. The molecule has 1 saturated carbocycles. The molecule has 1 aliphatic carbocycles. The molecule has 0 aromatic heterocycles. The quantitative estimate of drug-likeness (QED) is 0.406. The Morgan fingerprint density at radius 1 is 0.667 bits per heavy atom.